The number of imide groups is 1. The fourth-order valence-corrected chi connectivity index (χ4v) is 2.93. The van der Waals surface area contributed by atoms with E-state index in [0.717, 1.165) is 23.1 Å². The number of alkyl halides is 3. The normalized spacial score (nSPS) is 17.1. The second-order valence-corrected chi connectivity index (χ2v) is 6.28. The fraction of sp³-hybridized carbons (Fsp3) is 0.211. The Balaban J connectivity index is 1.76. The average Bonchev–Trinajstić information content (AvgIpc) is 2.89. The van der Waals surface area contributed by atoms with Crippen molar-refractivity contribution in [3.63, 3.8) is 0 Å². The van der Waals surface area contributed by atoms with Crippen LogP contribution in [0, 0.1) is 0 Å². The Morgan fingerprint density at radius 2 is 1.82 bits per heavy atom. The Labute approximate surface area is 157 Å². The lowest BCUT2D eigenvalue weighted by Crippen LogP contribution is -2.35. The van der Waals surface area contributed by atoms with Gasteiger partial charge in [0, 0.05) is 5.69 Å². The van der Waals surface area contributed by atoms with Crippen LogP contribution < -0.4 is 10.2 Å². The van der Waals surface area contributed by atoms with E-state index >= 15 is 0 Å². The monoisotopic (exact) mass is 392 g/mol. The zero-order valence-corrected chi connectivity index (χ0v) is 14.4. The van der Waals surface area contributed by atoms with Crippen LogP contribution in [0.4, 0.5) is 24.5 Å². The van der Waals surface area contributed by atoms with Crippen LogP contribution in [0.1, 0.15) is 17.5 Å². The first-order chi connectivity index (χ1) is 13.1. The number of nitrogens with zero attached hydrogens (tertiary/aromatic N) is 1. The number of carbonyl (C=O) groups excluding carboxylic acids is 2. The molecule has 3 rings (SSSR count). The first-order valence-corrected chi connectivity index (χ1v) is 8.26. The van der Waals surface area contributed by atoms with Crippen molar-refractivity contribution in [2.24, 2.45) is 0 Å². The van der Waals surface area contributed by atoms with Gasteiger partial charge in [0.25, 0.3) is 5.91 Å². The van der Waals surface area contributed by atoms with E-state index in [1.54, 1.807) is 24.3 Å². The maximum atomic E-state index is 12.9. The average molecular weight is 392 g/mol. The van der Waals surface area contributed by atoms with Gasteiger partial charge in [0.05, 0.1) is 24.1 Å². The first kappa shape index (κ1) is 19.4. The standard InChI is InChI=1S/C19H15F3N2O4/c20-19(21,22)12-2-1-3-14(9-12)24-16(25)10-15(18(24)28)23-13-6-4-11(5-7-13)8-17(26)27/h1-7,9,15,23H,8,10H2,(H,26,27). The number of hydrogen-bond donors (Lipinski definition) is 2. The van der Waals surface area contributed by atoms with Crippen LogP contribution in [0.15, 0.2) is 48.5 Å². The van der Waals surface area contributed by atoms with Gasteiger partial charge in [-0.3, -0.25) is 14.4 Å². The molecule has 2 aromatic carbocycles. The summed E-state index contributed by atoms with van der Waals surface area (Å²) in [5.74, 6) is -2.24. The summed E-state index contributed by atoms with van der Waals surface area (Å²) in [6, 6.07) is 9.40. The molecular formula is C19H15F3N2O4. The number of carboxylic acids is 1. The highest BCUT2D eigenvalue weighted by molar-refractivity contribution is 6.23. The molecule has 1 saturated heterocycles. The Hall–Kier alpha value is -3.36. The second-order valence-electron chi connectivity index (χ2n) is 6.28. The van der Waals surface area contributed by atoms with Crippen LogP contribution in [0.5, 0.6) is 0 Å². The van der Waals surface area contributed by atoms with Crippen LogP contribution in [0.25, 0.3) is 0 Å². The predicted molar refractivity (Wildman–Crippen MR) is 93.7 cm³/mol. The molecule has 1 aliphatic rings. The molecule has 1 fully saturated rings. The minimum absolute atomic E-state index is 0.133. The number of hydrogen-bond acceptors (Lipinski definition) is 4. The number of aliphatic carboxylic acids is 1. The van der Waals surface area contributed by atoms with Crippen LogP contribution in [-0.4, -0.2) is 28.9 Å². The van der Waals surface area contributed by atoms with Gasteiger partial charge in [0.1, 0.15) is 6.04 Å². The van der Waals surface area contributed by atoms with Crippen molar-refractivity contribution in [2.75, 3.05) is 10.2 Å². The van der Waals surface area contributed by atoms with Gasteiger partial charge in [-0.05, 0) is 35.9 Å². The molecule has 2 aromatic rings. The third-order valence-electron chi connectivity index (χ3n) is 4.23. The van der Waals surface area contributed by atoms with E-state index in [1.165, 1.54) is 6.07 Å². The van der Waals surface area contributed by atoms with E-state index < -0.39 is 35.6 Å². The molecule has 1 atom stereocenters. The SMILES string of the molecule is O=C(O)Cc1ccc(NC2CC(=O)N(c3cccc(C(F)(F)F)c3)C2=O)cc1. The molecular weight excluding hydrogens is 377 g/mol. The zero-order chi connectivity index (χ0) is 20.5. The van der Waals surface area contributed by atoms with Crippen molar-refractivity contribution in [1.29, 1.82) is 0 Å². The summed E-state index contributed by atoms with van der Waals surface area (Å²) in [7, 11) is 0. The van der Waals surface area contributed by atoms with Gasteiger partial charge in [-0.1, -0.05) is 18.2 Å². The van der Waals surface area contributed by atoms with Gasteiger partial charge in [0.2, 0.25) is 5.91 Å². The second kappa shape index (κ2) is 7.34. The largest absolute Gasteiger partial charge is 0.481 e. The number of nitrogens with one attached hydrogen (secondary N) is 1. The maximum absolute atomic E-state index is 12.9. The van der Waals surface area contributed by atoms with Crippen molar-refractivity contribution in [2.45, 2.75) is 25.1 Å². The van der Waals surface area contributed by atoms with Crippen molar-refractivity contribution >= 4 is 29.2 Å². The van der Waals surface area contributed by atoms with Crippen molar-refractivity contribution in [1.82, 2.24) is 0 Å². The highest BCUT2D eigenvalue weighted by Crippen LogP contribution is 2.33. The highest BCUT2D eigenvalue weighted by atomic mass is 19.4. The lowest BCUT2D eigenvalue weighted by molar-refractivity contribution is -0.138. The lowest BCUT2D eigenvalue weighted by atomic mass is 10.1. The van der Waals surface area contributed by atoms with E-state index in [-0.39, 0.29) is 18.5 Å². The smallest absolute Gasteiger partial charge is 0.416 e. The molecule has 1 unspecified atom stereocenters. The quantitative estimate of drug-likeness (QED) is 0.764. The zero-order valence-electron chi connectivity index (χ0n) is 14.4. The molecule has 2 N–H and O–H groups in total. The van der Waals surface area contributed by atoms with Gasteiger partial charge >= 0.3 is 12.1 Å². The number of carbonyl (C=O) groups is 3. The van der Waals surface area contributed by atoms with E-state index in [0.29, 0.717) is 11.3 Å². The van der Waals surface area contributed by atoms with Crippen LogP contribution in [0.3, 0.4) is 0 Å². The number of amides is 2. The number of anilines is 2. The third-order valence-corrected chi connectivity index (χ3v) is 4.23. The molecule has 0 spiro atoms. The van der Waals surface area contributed by atoms with Gasteiger partial charge in [-0.25, -0.2) is 4.90 Å². The van der Waals surface area contributed by atoms with Gasteiger partial charge < -0.3 is 10.4 Å². The third kappa shape index (κ3) is 4.13. The summed E-state index contributed by atoms with van der Waals surface area (Å²) in [6.07, 6.45) is -4.94. The van der Waals surface area contributed by atoms with Crippen molar-refractivity contribution in [3.8, 4) is 0 Å². The summed E-state index contributed by atoms with van der Waals surface area (Å²) < 4.78 is 38.7. The topological polar surface area (TPSA) is 86.7 Å². The van der Waals surface area contributed by atoms with E-state index in [9.17, 15) is 27.6 Å². The summed E-state index contributed by atoms with van der Waals surface area (Å²) in [5.41, 5.74) is -0.0226. The molecule has 146 valence electrons. The Kier molecular flexibility index (Phi) is 5.08. The van der Waals surface area contributed by atoms with Crippen molar-refractivity contribution in [3.05, 3.63) is 59.7 Å². The first-order valence-electron chi connectivity index (χ1n) is 8.26. The van der Waals surface area contributed by atoms with Crippen LogP contribution in [-0.2, 0) is 27.0 Å². The number of carboxylic acid groups (broad SMARTS) is 1. The number of halogens is 3. The van der Waals surface area contributed by atoms with E-state index in [2.05, 4.69) is 5.32 Å². The molecule has 0 saturated carbocycles. The Morgan fingerprint density at radius 1 is 1.14 bits per heavy atom. The summed E-state index contributed by atoms with van der Waals surface area (Å²) in [5, 5.41) is 11.6. The maximum Gasteiger partial charge on any atom is 0.416 e. The molecule has 1 heterocycles. The van der Waals surface area contributed by atoms with Gasteiger partial charge in [-0.15, -0.1) is 0 Å². The summed E-state index contributed by atoms with van der Waals surface area (Å²) in [6.45, 7) is 0. The number of benzene rings is 2. The van der Waals surface area contributed by atoms with Crippen molar-refractivity contribution < 1.29 is 32.7 Å². The molecule has 9 heteroatoms. The highest BCUT2D eigenvalue weighted by Gasteiger charge is 2.40. The molecule has 1 aliphatic heterocycles. The number of rotatable bonds is 5. The van der Waals surface area contributed by atoms with Crippen LogP contribution in [0.2, 0.25) is 0 Å². The molecule has 2 amide bonds. The Morgan fingerprint density at radius 3 is 2.43 bits per heavy atom. The van der Waals surface area contributed by atoms with Gasteiger partial charge in [0.15, 0.2) is 0 Å². The minimum Gasteiger partial charge on any atom is -0.481 e. The summed E-state index contributed by atoms with van der Waals surface area (Å²) >= 11 is 0. The molecule has 28 heavy (non-hydrogen) atoms. The lowest BCUT2D eigenvalue weighted by Gasteiger charge is -2.17. The van der Waals surface area contributed by atoms with Crippen LogP contribution >= 0.6 is 0 Å². The summed E-state index contributed by atoms with van der Waals surface area (Å²) in [4.78, 5) is 36.3. The van der Waals surface area contributed by atoms with E-state index in [4.69, 9.17) is 5.11 Å². The van der Waals surface area contributed by atoms with E-state index in [1.807, 2.05) is 0 Å². The molecule has 0 aliphatic carbocycles. The molecule has 0 aromatic heterocycles. The molecule has 6 nitrogen and oxygen atoms in total. The minimum atomic E-state index is -4.59. The fourth-order valence-electron chi connectivity index (χ4n) is 2.93. The van der Waals surface area contributed by atoms with Gasteiger partial charge in [-0.2, -0.15) is 13.2 Å². The predicted octanol–water partition coefficient (Wildman–Crippen LogP) is 3.08. The Bertz CT molecular complexity index is 926. The molecule has 0 bridgehead atoms. The molecule has 0 radical (unpaired) electrons.